The molecule has 2 rings (SSSR count). The third-order valence-corrected chi connectivity index (χ3v) is 2.49. The second kappa shape index (κ2) is 5.57. The van der Waals surface area contributed by atoms with E-state index in [1.54, 1.807) is 0 Å². The van der Waals surface area contributed by atoms with Crippen molar-refractivity contribution in [3.63, 3.8) is 0 Å². The van der Waals surface area contributed by atoms with Crippen LogP contribution in [-0.4, -0.2) is 32.1 Å². The lowest BCUT2D eigenvalue weighted by Crippen LogP contribution is -2.19. The van der Waals surface area contributed by atoms with E-state index in [4.69, 9.17) is 9.47 Å². The molecular formula is C13H18N2O2. The third kappa shape index (κ3) is 2.70. The summed E-state index contributed by atoms with van der Waals surface area (Å²) < 4.78 is 11.1. The van der Waals surface area contributed by atoms with Crippen LogP contribution < -0.4 is 14.8 Å². The summed E-state index contributed by atoms with van der Waals surface area (Å²) in [5.41, 5.74) is 1.05. The van der Waals surface area contributed by atoms with Crippen LogP contribution in [0.5, 0.6) is 11.5 Å². The number of hydrogen-bond donors (Lipinski definition) is 1. The molecule has 1 aliphatic rings. The zero-order valence-electron chi connectivity index (χ0n) is 10.3. The minimum absolute atomic E-state index is 0.628. The molecule has 4 heteroatoms. The van der Waals surface area contributed by atoms with E-state index < -0.39 is 0 Å². The number of nitrogens with zero attached hydrogens (tertiary/aromatic N) is 1. The smallest absolute Gasteiger partial charge is 0.161 e. The first-order valence-corrected chi connectivity index (χ1v) is 6.03. The lowest BCUT2D eigenvalue weighted by molar-refractivity contribution is 0.287. The number of nitrogens with one attached hydrogen (secondary N) is 1. The molecule has 1 aromatic rings. The van der Waals surface area contributed by atoms with Crippen molar-refractivity contribution in [2.75, 3.05) is 26.3 Å². The Balaban J connectivity index is 2.27. The number of aliphatic imine (C=N–C) groups is 1. The van der Waals surface area contributed by atoms with Gasteiger partial charge in [-0.05, 0) is 32.0 Å². The van der Waals surface area contributed by atoms with Crippen LogP contribution in [0.15, 0.2) is 23.2 Å². The summed E-state index contributed by atoms with van der Waals surface area (Å²) in [6.07, 6.45) is 0. The van der Waals surface area contributed by atoms with Gasteiger partial charge in [-0.1, -0.05) is 0 Å². The first-order valence-electron chi connectivity index (χ1n) is 6.03. The van der Waals surface area contributed by atoms with Gasteiger partial charge in [-0.25, -0.2) is 0 Å². The molecule has 92 valence electrons. The van der Waals surface area contributed by atoms with Crippen molar-refractivity contribution in [2.24, 2.45) is 4.99 Å². The Morgan fingerprint density at radius 3 is 2.59 bits per heavy atom. The molecule has 0 radical (unpaired) electrons. The van der Waals surface area contributed by atoms with Gasteiger partial charge in [0, 0.05) is 12.1 Å². The maximum Gasteiger partial charge on any atom is 0.161 e. The van der Waals surface area contributed by atoms with Crippen LogP contribution in [0.2, 0.25) is 0 Å². The van der Waals surface area contributed by atoms with E-state index in [1.807, 2.05) is 32.0 Å². The Kier molecular flexibility index (Phi) is 3.85. The van der Waals surface area contributed by atoms with Gasteiger partial charge in [0.05, 0.1) is 19.8 Å². The van der Waals surface area contributed by atoms with E-state index in [0.717, 1.165) is 36.0 Å². The van der Waals surface area contributed by atoms with Crippen LogP contribution in [0.25, 0.3) is 0 Å². The van der Waals surface area contributed by atoms with Crippen LogP contribution in [0.4, 0.5) is 0 Å². The molecular weight excluding hydrogens is 216 g/mol. The monoisotopic (exact) mass is 234 g/mol. The van der Waals surface area contributed by atoms with Crippen molar-refractivity contribution in [1.29, 1.82) is 0 Å². The maximum absolute atomic E-state index is 5.58. The van der Waals surface area contributed by atoms with Crippen molar-refractivity contribution in [1.82, 2.24) is 5.32 Å². The highest BCUT2D eigenvalue weighted by molar-refractivity contribution is 6.00. The van der Waals surface area contributed by atoms with Crippen LogP contribution in [-0.2, 0) is 0 Å². The molecule has 1 N–H and O–H groups in total. The lowest BCUT2D eigenvalue weighted by atomic mass is 10.2. The van der Waals surface area contributed by atoms with Crippen molar-refractivity contribution in [3.05, 3.63) is 23.8 Å². The zero-order chi connectivity index (χ0) is 12.1. The number of ether oxygens (including phenoxy) is 2. The van der Waals surface area contributed by atoms with Gasteiger partial charge in [0.1, 0.15) is 5.84 Å². The standard InChI is InChI=1S/C13H18N2O2/c1-3-16-11-6-5-10(9-12(11)17-4-2)13-14-7-8-15-13/h5-6,9H,3-4,7-8H2,1-2H3,(H,14,15). The van der Waals surface area contributed by atoms with Crippen molar-refractivity contribution < 1.29 is 9.47 Å². The van der Waals surface area contributed by atoms with Gasteiger partial charge in [0.25, 0.3) is 0 Å². The van der Waals surface area contributed by atoms with Gasteiger partial charge in [-0.15, -0.1) is 0 Å². The molecule has 0 unspecified atom stereocenters. The zero-order valence-corrected chi connectivity index (χ0v) is 10.3. The Morgan fingerprint density at radius 1 is 1.18 bits per heavy atom. The van der Waals surface area contributed by atoms with Crippen LogP contribution in [0.1, 0.15) is 19.4 Å². The van der Waals surface area contributed by atoms with E-state index in [-0.39, 0.29) is 0 Å². The topological polar surface area (TPSA) is 42.8 Å². The summed E-state index contributed by atoms with van der Waals surface area (Å²) in [5, 5.41) is 3.25. The number of rotatable bonds is 5. The summed E-state index contributed by atoms with van der Waals surface area (Å²) in [5.74, 6) is 2.51. The minimum Gasteiger partial charge on any atom is -0.490 e. The van der Waals surface area contributed by atoms with E-state index >= 15 is 0 Å². The molecule has 1 aliphatic heterocycles. The Morgan fingerprint density at radius 2 is 1.94 bits per heavy atom. The molecule has 4 nitrogen and oxygen atoms in total. The fourth-order valence-corrected chi connectivity index (χ4v) is 1.79. The number of amidine groups is 1. The quantitative estimate of drug-likeness (QED) is 0.845. The highest BCUT2D eigenvalue weighted by Gasteiger charge is 2.12. The summed E-state index contributed by atoms with van der Waals surface area (Å²) in [6.45, 7) is 6.95. The van der Waals surface area contributed by atoms with Gasteiger partial charge in [-0.2, -0.15) is 0 Å². The molecule has 0 saturated carbocycles. The molecule has 1 heterocycles. The fourth-order valence-electron chi connectivity index (χ4n) is 1.79. The van der Waals surface area contributed by atoms with Crippen LogP contribution in [0, 0.1) is 0 Å². The molecule has 0 amide bonds. The Bertz CT molecular complexity index is 416. The van der Waals surface area contributed by atoms with Crippen molar-refractivity contribution in [2.45, 2.75) is 13.8 Å². The van der Waals surface area contributed by atoms with Gasteiger partial charge >= 0.3 is 0 Å². The molecule has 17 heavy (non-hydrogen) atoms. The molecule has 0 saturated heterocycles. The molecule has 0 aromatic heterocycles. The third-order valence-electron chi connectivity index (χ3n) is 2.49. The highest BCUT2D eigenvalue weighted by Crippen LogP contribution is 2.28. The van der Waals surface area contributed by atoms with Gasteiger partial charge < -0.3 is 14.8 Å². The summed E-state index contributed by atoms with van der Waals surface area (Å²) >= 11 is 0. The van der Waals surface area contributed by atoms with E-state index in [9.17, 15) is 0 Å². The molecule has 0 spiro atoms. The predicted octanol–water partition coefficient (Wildman–Crippen LogP) is 1.83. The summed E-state index contributed by atoms with van der Waals surface area (Å²) in [4.78, 5) is 4.39. The largest absolute Gasteiger partial charge is 0.490 e. The van der Waals surface area contributed by atoms with Crippen molar-refractivity contribution in [3.8, 4) is 11.5 Å². The molecule has 1 aromatic carbocycles. The second-order valence-corrected chi connectivity index (χ2v) is 3.68. The number of hydrogen-bond acceptors (Lipinski definition) is 4. The van der Waals surface area contributed by atoms with E-state index in [2.05, 4.69) is 10.3 Å². The average molecular weight is 234 g/mol. The normalized spacial score (nSPS) is 14.1. The van der Waals surface area contributed by atoms with Crippen molar-refractivity contribution >= 4 is 5.84 Å². The molecule has 0 bridgehead atoms. The van der Waals surface area contributed by atoms with Crippen LogP contribution >= 0.6 is 0 Å². The van der Waals surface area contributed by atoms with Gasteiger partial charge in [0.2, 0.25) is 0 Å². The summed E-state index contributed by atoms with van der Waals surface area (Å²) in [6, 6.07) is 5.92. The predicted molar refractivity (Wildman–Crippen MR) is 68.2 cm³/mol. The SMILES string of the molecule is CCOc1ccc(C2=NCCN2)cc1OCC. The minimum atomic E-state index is 0.628. The second-order valence-electron chi connectivity index (χ2n) is 3.68. The van der Waals surface area contributed by atoms with E-state index in [1.165, 1.54) is 0 Å². The van der Waals surface area contributed by atoms with E-state index in [0.29, 0.717) is 13.2 Å². The van der Waals surface area contributed by atoms with Crippen LogP contribution in [0.3, 0.4) is 0 Å². The maximum atomic E-state index is 5.58. The Hall–Kier alpha value is -1.71. The lowest BCUT2D eigenvalue weighted by Gasteiger charge is -2.12. The number of benzene rings is 1. The Labute approximate surface area is 102 Å². The molecule has 0 fully saturated rings. The molecule has 0 aliphatic carbocycles. The highest BCUT2D eigenvalue weighted by atomic mass is 16.5. The van der Waals surface area contributed by atoms with Gasteiger partial charge in [0.15, 0.2) is 11.5 Å². The first-order chi connectivity index (χ1) is 8.35. The average Bonchev–Trinajstić information content (AvgIpc) is 2.85. The molecule has 0 atom stereocenters. The summed E-state index contributed by atoms with van der Waals surface area (Å²) in [7, 11) is 0. The first kappa shape index (κ1) is 11.8. The van der Waals surface area contributed by atoms with Gasteiger partial charge in [-0.3, -0.25) is 4.99 Å². The fraction of sp³-hybridized carbons (Fsp3) is 0.462.